The Kier molecular flexibility index (Phi) is 6.43. The van der Waals surface area contributed by atoms with E-state index >= 15 is 0 Å². The van der Waals surface area contributed by atoms with Gasteiger partial charge in [-0.25, -0.2) is 0 Å². The Hall–Kier alpha value is -1.64. The van der Waals surface area contributed by atoms with E-state index in [1.54, 1.807) is 0 Å². The van der Waals surface area contributed by atoms with Crippen molar-refractivity contribution in [3.8, 4) is 0 Å². The maximum absolute atomic E-state index is 11.7. The van der Waals surface area contributed by atoms with E-state index < -0.39 is 0 Å². The average Bonchev–Trinajstić information content (AvgIpc) is 2.29. The highest BCUT2D eigenvalue weighted by atomic mass is 16.1. The van der Waals surface area contributed by atoms with E-state index in [4.69, 9.17) is 0 Å². The number of hydrogen-bond donors (Lipinski definition) is 1. The van der Waals surface area contributed by atoms with E-state index in [2.05, 4.69) is 5.32 Å². The van der Waals surface area contributed by atoms with Crippen LogP contribution in [-0.2, 0) is 16.0 Å². The second-order valence-corrected chi connectivity index (χ2v) is 6.16. The van der Waals surface area contributed by atoms with Crippen LogP contribution < -0.4 is 5.32 Å². The fourth-order valence-corrected chi connectivity index (χ4v) is 2.04. The van der Waals surface area contributed by atoms with Gasteiger partial charge in [0.25, 0.3) is 0 Å². The van der Waals surface area contributed by atoms with Crippen molar-refractivity contribution in [2.75, 3.05) is 5.32 Å². The molecule has 0 aliphatic rings. The van der Waals surface area contributed by atoms with E-state index in [9.17, 15) is 9.59 Å². The summed E-state index contributed by atoms with van der Waals surface area (Å²) in [6.45, 7) is 8.13. The zero-order valence-corrected chi connectivity index (χ0v) is 12.9. The van der Waals surface area contributed by atoms with Crippen molar-refractivity contribution in [1.29, 1.82) is 0 Å². The minimum atomic E-state index is 0.0311. The zero-order valence-electron chi connectivity index (χ0n) is 12.9. The van der Waals surface area contributed by atoms with Gasteiger partial charge in [-0.3, -0.25) is 9.59 Å². The van der Waals surface area contributed by atoms with Gasteiger partial charge in [-0.1, -0.05) is 39.8 Å². The Morgan fingerprint density at radius 1 is 0.950 bits per heavy atom. The molecule has 0 spiro atoms. The van der Waals surface area contributed by atoms with Gasteiger partial charge in [0, 0.05) is 24.9 Å². The van der Waals surface area contributed by atoms with Crippen LogP contribution in [0.3, 0.4) is 0 Å². The number of Topliss-reactive ketones (excluding diaryl/α,β-unsaturated/α-hetero) is 1. The lowest BCUT2D eigenvalue weighted by Crippen LogP contribution is -2.13. The van der Waals surface area contributed by atoms with Gasteiger partial charge in [-0.15, -0.1) is 0 Å². The number of hydrogen-bond acceptors (Lipinski definition) is 2. The van der Waals surface area contributed by atoms with Crippen LogP contribution in [-0.4, -0.2) is 11.7 Å². The largest absolute Gasteiger partial charge is 0.326 e. The first-order chi connectivity index (χ1) is 9.36. The molecule has 0 saturated carbocycles. The quantitative estimate of drug-likeness (QED) is 0.822. The van der Waals surface area contributed by atoms with Gasteiger partial charge in [0.05, 0.1) is 0 Å². The molecule has 0 aliphatic carbocycles. The van der Waals surface area contributed by atoms with Crippen molar-refractivity contribution >= 4 is 17.4 Å². The molecule has 0 bridgehead atoms. The topological polar surface area (TPSA) is 46.2 Å². The molecule has 0 unspecified atom stereocenters. The summed E-state index contributed by atoms with van der Waals surface area (Å²) in [6.07, 6.45) is 1.61. The van der Waals surface area contributed by atoms with Crippen molar-refractivity contribution in [2.45, 2.75) is 47.0 Å². The van der Waals surface area contributed by atoms with Crippen LogP contribution in [0.4, 0.5) is 5.69 Å². The van der Waals surface area contributed by atoms with Gasteiger partial charge in [0.2, 0.25) is 5.91 Å². The number of nitrogens with one attached hydrogen (secondary N) is 1. The maximum atomic E-state index is 11.7. The Morgan fingerprint density at radius 3 is 2.00 bits per heavy atom. The van der Waals surface area contributed by atoms with Crippen molar-refractivity contribution < 1.29 is 9.59 Å². The van der Waals surface area contributed by atoms with Gasteiger partial charge in [-0.2, -0.15) is 0 Å². The predicted octanol–water partition coefficient (Wildman–Crippen LogP) is 3.83. The van der Waals surface area contributed by atoms with Crippen molar-refractivity contribution in [1.82, 2.24) is 0 Å². The van der Waals surface area contributed by atoms with Gasteiger partial charge < -0.3 is 5.32 Å². The Labute approximate surface area is 121 Å². The molecule has 3 nitrogen and oxygen atoms in total. The molecular weight excluding hydrogens is 250 g/mol. The molecule has 0 aliphatic heterocycles. The van der Waals surface area contributed by atoms with Gasteiger partial charge in [0.15, 0.2) is 0 Å². The van der Waals surface area contributed by atoms with E-state index in [1.165, 1.54) is 0 Å². The molecule has 110 valence electrons. The van der Waals surface area contributed by atoms with Crippen LogP contribution in [0.15, 0.2) is 24.3 Å². The third kappa shape index (κ3) is 6.50. The van der Waals surface area contributed by atoms with E-state index in [0.29, 0.717) is 31.1 Å². The lowest BCUT2D eigenvalue weighted by Gasteiger charge is -2.08. The summed E-state index contributed by atoms with van der Waals surface area (Å²) in [4.78, 5) is 23.4. The van der Waals surface area contributed by atoms with Gasteiger partial charge in [0.1, 0.15) is 5.78 Å². The average molecular weight is 275 g/mol. The van der Waals surface area contributed by atoms with E-state index in [1.807, 2.05) is 52.0 Å². The SMILES string of the molecule is CC(C)CC(=O)Cc1ccc(NC(=O)CC(C)C)cc1. The molecular formula is C17H25NO2. The third-order valence-corrected chi connectivity index (χ3v) is 2.87. The molecule has 1 amide bonds. The molecule has 1 aromatic rings. The molecule has 0 saturated heterocycles. The predicted molar refractivity (Wildman–Crippen MR) is 82.7 cm³/mol. The number of carbonyl (C=O) groups excluding carboxylic acids is 2. The highest BCUT2D eigenvalue weighted by Gasteiger charge is 2.08. The number of ketones is 1. The number of benzene rings is 1. The number of amides is 1. The van der Waals surface area contributed by atoms with Crippen molar-refractivity contribution in [2.24, 2.45) is 11.8 Å². The summed E-state index contributed by atoms with van der Waals surface area (Å²) >= 11 is 0. The standard InChI is InChI=1S/C17H25NO2/c1-12(2)9-16(19)11-14-5-7-15(8-6-14)18-17(20)10-13(3)4/h5-8,12-13H,9-11H2,1-4H3,(H,18,20). The third-order valence-electron chi connectivity index (χ3n) is 2.87. The highest BCUT2D eigenvalue weighted by molar-refractivity contribution is 5.90. The molecule has 20 heavy (non-hydrogen) atoms. The first kappa shape index (κ1) is 16.4. The molecule has 0 heterocycles. The molecule has 0 aromatic heterocycles. The lowest BCUT2D eigenvalue weighted by molar-refractivity contribution is -0.119. The second-order valence-electron chi connectivity index (χ2n) is 6.16. The minimum Gasteiger partial charge on any atom is -0.326 e. The number of carbonyl (C=O) groups is 2. The lowest BCUT2D eigenvalue weighted by atomic mass is 10.0. The normalized spacial score (nSPS) is 10.9. The molecule has 1 N–H and O–H groups in total. The van der Waals surface area contributed by atoms with Gasteiger partial charge >= 0.3 is 0 Å². The van der Waals surface area contributed by atoms with Crippen LogP contribution in [0.5, 0.6) is 0 Å². The van der Waals surface area contributed by atoms with Crippen LogP contribution in [0.1, 0.15) is 46.1 Å². The highest BCUT2D eigenvalue weighted by Crippen LogP contribution is 2.13. The first-order valence-electron chi connectivity index (χ1n) is 7.27. The smallest absolute Gasteiger partial charge is 0.224 e. The van der Waals surface area contributed by atoms with E-state index in [0.717, 1.165) is 11.3 Å². The Bertz CT molecular complexity index is 404. The summed E-state index contributed by atoms with van der Waals surface area (Å²) < 4.78 is 0. The number of rotatable bonds is 7. The fraction of sp³-hybridized carbons (Fsp3) is 0.529. The van der Waals surface area contributed by atoms with Crippen LogP contribution in [0.2, 0.25) is 0 Å². The Morgan fingerprint density at radius 2 is 1.50 bits per heavy atom. The molecule has 1 aromatic carbocycles. The Balaban J connectivity index is 2.52. The molecule has 3 heteroatoms. The van der Waals surface area contributed by atoms with Gasteiger partial charge in [-0.05, 0) is 29.5 Å². The zero-order chi connectivity index (χ0) is 15.1. The summed E-state index contributed by atoms with van der Waals surface area (Å²) in [6, 6.07) is 7.53. The summed E-state index contributed by atoms with van der Waals surface area (Å²) in [5, 5.41) is 2.86. The molecule has 0 radical (unpaired) electrons. The monoisotopic (exact) mass is 275 g/mol. The van der Waals surface area contributed by atoms with Crippen LogP contribution >= 0.6 is 0 Å². The van der Waals surface area contributed by atoms with E-state index in [-0.39, 0.29) is 11.7 Å². The fourth-order valence-electron chi connectivity index (χ4n) is 2.04. The molecule has 0 atom stereocenters. The van der Waals surface area contributed by atoms with Crippen molar-refractivity contribution in [3.05, 3.63) is 29.8 Å². The van der Waals surface area contributed by atoms with Crippen molar-refractivity contribution in [3.63, 3.8) is 0 Å². The van der Waals surface area contributed by atoms with Crippen LogP contribution in [0.25, 0.3) is 0 Å². The second kappa shape index (κ2) is 7.83. The van der Waals surface area contributed by atoms with Crippen LogP contribution in [0, 0.1) is 11.8 Å². The molecule has 1 rings (SSSR count). The maximum Gasteiger partial charge on any atom is 0.224 e. The first-order valence-corrected chi connectivity index (χ1v) is 7.27. The summed E-state index contributed by atoms with van der Waals surface area (Å²) in [5.74, 6) is 1.04. The summed E-state index contributed by atoms with van der Waals surface area (Å²) in [5.41, 5.74) is 1.79. The molecule has 0 fully saturated rings. The minimum absolute atomic E-state index is 0.0311. The number of anilines is 1. The summed E-state index contributed by atoms with van der Waals surface area (Å²) in [7, 11) is 0.